The highest BCUT2D eigenvalue weighted by atomic mass is 19.1. The molecule has 0 unspecified atom stereocenters. The first-order valence-corrected chi connectivity index (χ1v) is 6.99. The van der Waals surface area contributed by atoms with Crippen LogP contribution in [0.3, 0.4) is 0 Å². The molecule has 110 valence electrons. The Morgan fingerprint density at radius 1 is 1.40 bits per heavy atom. The summed E-state index contributed by atoms with van der Waals surface area (Å²) < 4.78 is 14.3. The SMILES string of the molecule is CCCNc1nccc(C(=O)N2CCN(C)CC2)c1F. The zero-order chi connectivity index (χ0) is 14.5. The average molecular weight is 280 g/mol. The number of nitrogens with one attached hydrogen (secondary N) is 1. The molecule has 1 aromatic heterocycles. The molecule has 0 bridgehead atoms. The molecule has 0 saturated carbocycles. The van der Waals surface area contributed by atoms with Crippen LogP contribution in [-0.2, 0) is 0 Å². The number of carbonyl (C=O) groups is 1. The molecule has 0 spiro atoms. The van der Waals surface area contributed by atoms with Gasteiger partial charge in [-0.2, -0.15) is 0 Å². The summed E-state index contributed by atoms with van der Waals surface area (Å²) in [4.78, 5) is 20.2. The maximum atomic E-state index is 14.3. The van der Waals surface area contributed by atoms with Crippen molar-refractivity contribution < 1.29 is 9.18 Å². The van der Waals surface area contributed by atoms with Crippen molar-refractivity contribution in [2.45, 2.75) is 13.3 Å². The van der Waals surface area contributed by atoms with E-state index in [1.807, 2.05) is 14.0 Å². The molecule has 2 rings (SSSR count). The lowest BCUT2D eigenvalue weighted by Gasteiger charge is -2.32. The molecule has 0 radical (unpaired) electrons. The highest BCUT2D eigenvalue weighted by molar-refractivity contribution is 5.95. The molecule has 1 fully saturated rings. The summed E-state index contributed by atoms with van der Waals surface area (Å²) in [5.41, 5.74) is 0.100. The molecule has 1 N–H and O–H groups in total. The van der Waals surface area contributed by atoms with Gasteiger partial charge in [0.25, 0.3) is 5.91 Å². The number of hydrogen-bond donors (Lipinski definition) is 1. The number of piperazine rings is 1. The second-order valence-electron chi connectivity index (χ2n) is 5.04. The fourth-order valence-corrected chi connectivity index (χ4v) is 2.16. The molecule has 1 amide bonds. The Labute approximate surface area is 118 Å². The Kier molecular flexibility index (Phi) is 4.89. The Bertz CT molecular complexity index is 472. The van der Waals surface area contributed by atoms with E-state index < -0.39 is 5.82 Å². The van der Waals surface area contributed by atoms with E-state index in [0.717, 1.165) is 19.5 Å². The molecule has 0 aliphatic carbocycles. The van der Waals surface area contributed by atoms with Crippen molar-refractivity contribution in [1.29, 1.82) is 0 Å². The van der Waals surface area contributed by atoms with Crippen molar-refractivity contribution in [2.24, 2.45) is 0 Å². The molecule has 1 aliphatic rings. The number of pyridine rings is 1. The third-order valence-electron chi connectivity index (χ3n) is 3.45. The van der Waals surface area contributed by atoms with E-state index in [1.165, 1.54) is 12.3 Å². The van der Waals surface area contributed by atoms with Gasteiger partial charge in [-0.15, -0.1) is 0 Å². The van der Waals surface area contributed by atoms with Crippen molar-refractivity contribution >= 4 is 11.7 Å². The van der Waals surface area contributed by atoms with Crippen LogP contribution in [0.2, 0.25) is 0 Å². The van der Waals surface area contributed by atoms with Gasteiger partial charge >= 0.3 is 0 Å². The van der Waals surface area contributed by atoms with Gasteiger partial charge < -0.3 is 15.1 Å². The Hall–Kier alpha value is -1.69. The molecule has 20 heavy (non-hydrogen) atoms. The van der Waals surface area contributed by atoms with Gasteiger partial charge in [-0.1, -0.05) is 6.92 Å². The first kappa shape index (κ1) is 14.7. The fraction of sp³-hybridized carbons (Fsp3) is 0.571. The second kappa shape index (κ2) is 6.65. The third-order valence-corrected chi connectivity index (χ3v) is 3.45. The maximum Gasteiger partial charge on any atom is 0.257 e. The zero-order valence-corrected chi connectivity index (χ0v) is 12.0. The summed E-state index contributed by atoms with van der Waals surface area (Å²) >= 11 is 0. The first-order valence-electron chi connectivity index (χ1n) is 6.99. The third kappa shape index (κ3) is 3.25. The largest absolute Gasteiger partial charge is 0.368 e. The molecule has 1 saturated heterocycles. The molecular formula is C14H21FN4O. The lowest BCUT2D eigenvalue weighted by molar-refractivity contribution is 0.0659. The van der Waals surface area contributed by atoms with E-state index in [2.05, 4.69) is 15.2 Å². The molecule has 6 heteroatoms. The molecule has 2 heterocycles. The van der Waals surface area contributed by atoms with Crippen LogP contribution < -0.4 is 5.32 Å². The Balaban J connectivity index is 2.13. The number of anilines is 1. The van der Waals surface area contributed by atoms with Gasteiger partial charge in [-0.25, -0.2) is 9.37 Å². The fourth-order valence-electron chi connectivity index (χ4n) is 2.16. The van der Waals surface area contributed by atoms with Gasteiger partial charge in [-0.3, -0.25) is 4.79 Å². The first-order chi connectivity index (χ1) is 9.63. The van der Waals surface area contributed by atoms with Crippen LogP contribution in [0.15, 0.2) is 12.3 Å². The van der Waals surface area contributed by atoms with Crippen molar-refractivity contribution in [2.75, 3.05) is 45.1 Å². The van der Waals surface area contributed by atoms with E-state index in [9.17, 15) is 9.18 Å². The maximum absolute atomic E-state index is 14.3. The number of likely N-dealkylation sites (N-methyl/N-ethyl adjacent to an activating group) is 1. The van der Waals surface area contributed by atoms with Gasteiger partial charge in [0.15, 0.2) is 11.6 Å². The molecular weight excluding hydrogens is 259 g/mol. The summed E-state index contributed by atoms with van der Waals surface area (Å²) in [6.07, 6.45) is 2.35. The molecule has 5 nitrogen and oxygen atoms in total. The topological polar surface area (TPSA) is 48.5 Å². The van der Waals surface area contributed by atoms with Crippen LogP contribution in [0.25, 0.3) is 0 Å². The van der Waals surface area contributed by atoms with Crippen molar-refractivity contribution in [1.82, 2.24) is 14.8 Å². The highest BCUT2D eigenvalue weighted by Gasteiger charge is 2.24. The standard InChI is InChI=1S/C14H21FN4O/c1-3-5-16-13-12(15)11(4-6-17-13)14(20)19-9-7-18(2)8-10-19/h4,6H,3,5,7-10H2,1-2H3,(H,16,17). The van der Waals surface area contributed by atoms with Crippen molar-refractivity contribution in [3.63, 3.8) is 0 Å². The van der Waals surface area contributed by atoms with Crippen LogP contribution in [0.5, 0.6) is 0 Å². The lowest BCUT2D eigenvalue weighted by Crippen LogP contribution is -2.47. The summed E-state index contributed by atoms with van der Waals surface area (Å²) in [7, 11) is 2.02. The molecule has 1 aliphatic heterocycles. The second-order valence-corrected chi connectivity index (χ2v) is 5.04. The van der Waals surface area contributed by atoms with E-state index in [-0.39, 0.29) is 17.3 Å². The minimum absolute atomic E-state index is 0.100. The predicted molar refractivity (Wildman–Crippen MR) is 76.4 cm³/mol. The van der Waals surface area contributed by atoms with E-state index >= 15 is 0 Å². The minimum Gasteiger partial charge on any atom is -0.368 e. The summed E-state index contributed by atoms with van der Waals surface area (Å²) in [6, 6.07) is 1.45. The van der Waals surface area contributed by atoms with Crippen LogP contribution in [-0.4, -0.2) is 60.5 Å². The smallest absolute Gasteiger partial charge is 0.257 e. The van der Waals surface area contributed by atoms with Gasteiger partial charge in [0.05, 0.1) is 5.56 Å². The van der Waals surface area contributed by atoms with Crippen LogP contribution >= 0.6 is 0 Å². The van der Waals surface area contributed by atoms with Crippen molar-refractivity contribution in [3.05, 3.63) is 23.6 Å². The molecule has 0 atom stereocenters. The Morgan fingerprint density at radius 3 is 2.75 bits per heavy atom. The number of aromatic nitrogens is 1. The average Bonchev–Trinajstić information content (AvgIpc) is 2.46. The van der Waals surface area contributed by atoms with E-state index in [1.54, 1.807) is 4.90 Å². The van der Waals surface area contributed by atoms with Gasteiger partial charge in [0.2, 0.25) is 0 Å². The minimum atomic E-state index is -0.551. The highest BCUT2D eigenvalue weighted by Crippen LogP contribution is 2.17. The number of nitrogens with zero attached hydrogens (tertiary/aromatic N) is 3. The summed E-state index contributed by atoms with van der Waals surface area (Å²) in [6.45, 7) is 5.53. The molecule has 1 aromatic rings. The number of rotatable bonds is 4. The van der Waals surface area contributed by atoms with Gasteiger partial charge in [0.1, 0.15) is 0 Å². The van der Waals surface area contributed by atoms with Gasteiger partial charge in [0, 0.05) is 38.9 Å². The van der Waals surface area contributed by atoms with Crippen LogP contribution in [0.4, 0.5) is 10.2 Å². The normalized spacial score (nSPS) is 16.2. The quantitative estimate of drug-likeness (QED) is 0.906. The van der Waals surface area contributed by atoms with Crippen LogP contribution in [0.1, 0.15) is 23.7 Å². The number of amides is 1. The molecule has 0 aromatic carbocycles. The van der Waals surface area contributed by atoms with E-state index in [4.69, 9.17) is 0 Å². The number of hydrogen-bond acceptors (Lipinski definition) is 4. The zero-order valence-electron chi connectivity index (χ0n) is 12.0. The summed E-state index contributed by atoms with van der Waals surface area (Å²) in [5.74, 6) is -0.644. The number of carbonyl (C=O) groups excluding carboxylic acids is 1. The predicted octanol–water partition coefficient (Wildman–Crippen LogP) is 1.43. The lowest BCUT2D eigenvalue weighted by atomic mass is 10.2. The monoisotopic (exact) mass is 280 g/mol. The van der Waals surface area contributed by atoms with Crippen LogP contribution in [0, 0.1) is 5.82 Å². The van der Waals surface area contributed by atoms with E-state index in [0.29, 0.717) is 19.6 Å². The van der Waals surface area contributed by atoms with Gasteiger partial charge in [-0.05, 0) is 19.5 Å². The summed E-state index contributed by atoms with van der Waals surface area (Å²) in [5, 5.41) is 2.90. The number of halogens is 1. The van der Waals surface area contributed by atoms with Crippen molar-refractivity contribution in [3.8, 4) is 0 Å². The Morgan fingerprint density at radius 2 is 2.10 bits per heavy atom.